The highest BCUT2D eigenvalue weighted by atomic mass is 16.1. The van der Waals surface area contributed by atoms with Crippen LogP contribution in [0.5, 0.6) is 0 Å². The maximum atomic E-state index is 12.1. The maximum absolute atomic E-state index is 12.1. The van der Waals surface area contributed by atoms with E-state index in [2.05, 4.69) is 24.9 Å². The zero-order chi connectivity index (χ0) is 13.1. The van der Waals surface area contributed by atoms with E-state index in [1.54, 1.807) is 18.3 Å². The van der Waals surface area contributed by atoms with Crippen molar-refractivity contribution in [3.63, 3.8) is 0 Å². The van der Waals surface area contributed by atoms with Gasteiger partial charge >= 0.3 is 0 Å². The number of carbonyl (C=O) groups is 1. The summed E-state index contributed by atoms with van der Waals surface area (Å²) < 4.78 is 0. The lowest BCUT2D eigenvalue weighted by molar-refractivity contribution is 0.0977. The summed E-state index contributed by atoms with van der Waals surface area (Å²) in [7, 11) is 0. The van der Waals surface area contributed by atoms with Gasteiger partial charge < -0.3 is 4.98 Å². The van der Waals surface area contributed by atoms with Crippen LogP contribution in [0, 0.1) is 17.2 Å². The van der Waals surface area contributed by atoms with Gasteiger partial charge in [0.15, 0.2) is 5.78 Å². The van der Waals surface area contributed by atoms with Crippen LogP contribution < -0.4 is 0 Å². The second-order valence-electron chi connectivity index (χ2n) is 4.93. The molecule has 18 heavy (non-hydrogen) atoms. The quantitative estimate of drug-likeness (QED) is 0.829. The van der Waals surface area contributed by atoms with Gasteiger partial charge in [-0.25, -0.2) is 0 Å². The minimum absolute atomic E-state index is 0.166. The van der Waals surface area contributed by atoms with Crippen molar-refractivity contribution in [3.8, 4) is 6.07 Å². The second-order valence-corrected chi connectivity index (χ2v) is 4.93. The molecular formula is C15H16N2O. The number of nitrogens with zero attached hydrogens (tertiary/aromatic N) is 1. The molecule has 92 valence electrons. The molecule has 3 nitrogen and oxygen atoms in total. The zero-order valence-electron chi connectivity index (χ0n) is 10.7. The van der Waals surface area contributed by atoms with Gasteiger partial charge in [0.2, 0.25) is 0 Å². The number of hydrogen-bond acceptors (Lipinski definition) is 2. The number of rotatable bonds is 4. The number of aromatic nitrogens is 1. The van der Waals surface area contributed by atoms with Crippen LogP contribution in [0.1, 0.15) is 42.6 Å². The van der Waals surface area contributed by atoms with Crippen LogP contribution in [0.4, 0.5) is 0 Å². The van der Waals surface area contributed by atoms with Crippen molar-refractivity contribution >= 4 is 16.7 Å². The summed E-state index contributed by atoms with van der Waals surface area (Å²) in [5, 5.41) is 9.73. The van der Waals surface area contributed by atoms with Gasteiger partial charge in [0.05, 0.1) is 11.6 Å². The van der Waals surface area contributed by atoms with Crippen molar-refractivity contribution < 1.29 is 4.79 Å². The second kappa shape index (κ2) is 5.05. The van der Waals surface area contributed by atoms with Gasteiger partial charge in [-0.3, -0.25) is 4.79 Å². The molecule has 1 aromatic carbocycles. The molecule has 0 bridgehead atoms. The van der Waals surface area contributed by atoms with Gasteiger partial charge in [-0.2, -0.15) is 5.26 Å². The Morgan fingerprint density at radius 2 is 2.22 bits per heavy atom. The molecule has 0 radical (unpaired) electrons. The molecule has 0 amide bonds. The molecule has 0 saturated heterocycles. The van der Waals surface area contributed by atoms with Crippen LogP contribution in [0.3, 0.4) is 0 Å². The molecule has 0 atom stereocenters. The highest BCUT2D eigenvalue weighted by Gasteiger charge is 2.12. The van der Waals surface area contributed by atoms with E-state index in [1.807, 2.05) is 6.07 Å². The maximum Gasteiger partial charge on any atom is 0.165 e. The molecule has 0 aliphatic heterocycles. The van der Waals surface area contributed by atoms with Crippen LogP contribution in [-0.4, -0.2) is 10.8 Å². The summed E-state index contributed by atoms with van der Waals surface area (Å²) in [6.45, 7) is 4.23. The Morgan fingerprint density at radius 3 is 2.89 bits per heavy atom. The smallest absolute Gasteiger partial charge is 0.165 e. The Bertz CT molecular complexity index is 617. The first kappa shape index (κ1) is 12.4. The third-order valence-electron chi connectivity index (χ3n) is 3.06. The minimum Gasteiger partial charge on any atom is -0.360 e. The van der Waals surface area contributed by atoms with E-state index in [1.165, 1.54) is 0 Å². The first-order chi connectivity index (χ1) is 8.61. The highest BCUT2D eigenvalue weighted by Crippen LogP contribution is 2.21. The summed E-state index contributed by atoms with van der Waals surface area (Å²) >= 11 is 0. The number of aromatic amines is 1. The van der Waals surface area contributed by atoms with Gasteiger partial charge in [-0.15, -0.1) is 0 Å². The third-order valence-corrected chi connectivity index (χ3v) is 3.06. The molecule has 2 aromatic rings. The fourth-order valence-corrected chi connectivity index (χ4v) is 1.98. The van der Waals surface area contributed by atoms with Crippen LogP contribution in [0.2, 0.25) is 0 Å². The van der Waals surface area contributed by atoms with E-state index < -0.39 is 0 Å². The van der Waals surface area contributed by atoms with E-state index in [0.29, 0.717) is 17.9 Å². The number of nitrogens with one attached hydrogen (secondary N) is 1. The lowest BCUT2D eigenvalue weighted by Gasteiger charge is -2.02. The predicted octanol–water partition coefficient (Wildman–Crippen LogP) is 3.66. The number of H-pyrrole nitrogens is 1. The number of Topliss-reactive ketones (excluding diaryl/α,β-unsaturated/α-hetero) is 1. The number of ketones is 1. The van der Waals surface area contributed by atoms with Gasteiger partial charge in [0, 0.05) is 29.1 Å². The number of fused-ring (bicyclic) bond motifs is 1. The summed E-state index contributed by atoms with van der Waals surface area (Å²) in [5.41, 5.74) is 2.18. The first-order valence-corrected chi connectivity index (χ1v) is 6.16. The first-order valence-electron chi connectivity index (χ1n) is 6.16. The number of nitriles is 1. The van der Waals surface area contributed by atoms with E-state index in [-0.39, 0.29) is 5.78 Å². The van der Waals surface area contributed by atoms with E-state index >= 15 is 0 Å². The molecule has 0 fully saturated rings. The fraction of sp³-hybridized carbons (Fsp3) is 0.333. The van der Waals surface area contributed by atoms with Crippen molar-refractivity contribution in [2.75, 3.05) is 0 Å². The zero-order valence-corrected chi connectivity index (χ0v) is 10.7. The monoisotopic (exact) mass is 240 g/mol. The topological polar surface area (TPSA) is 56.6 Å². The molecule has 1 heterocycles. The Labute approximate surface area is 106 Å². The van der Waals surface area contributed by atoms with Crippen molar-refractivity contribution in [2.45, 2.75) is 26.7 Å². The van der Waals surface area contributed by atoms with E-state index in [9.17, 15) is 4.79 Å². The lowest BCUT2D eigenvalue weighted by Crippen LogP contribution is -2.00. The fourth-order valence-electron chi connectivity index (χ4n) is 1.98. The largest absolute Gasteiger partial charge is 0.360 e. The average molecular weight is 240 g/mol. The van der Waals surface area contributed by atoms with Crippen molar-refractivity contribution in [2.24, 2.45) is 5.92 Å². The predicted molar refractivity (Wildman–Crippen MR) is 71.4 cm³/mol. The van der Waals surface area contributed by atoms with Crippen LogP contribution in [0.25, 0.3) is 10.9 Å². The van der Waals surface area contributed by atoms with E-state index in [4.69, 9.17) is 5.26 Å². The molecule has 0 spiro atoms. The molecule has 1 N–H and O–H groups in total. The summed E-state index contributed by atoms with van der Waals surface area (Å²) in [5.74, 6) is 0.698. The number of benzene rings is 1. The van der Waals surface area contributed by atoms with E-state index in [0.717, 1.165) is 22.9 Å². The SMILES string of the molecule is CC(C)CCC(=O)c1c[nH]c2cc(C#N)ccc12. The van der Waals surface area contributed by atoms with Crippen molar-refractivity contribution in [1.29, 1.82) is 5.26 Å². The average Bonchev–Trinajstić information content (AvgIpc) is 2.78. The summed E-state index contributed by atoms with van der Waals surface area (Å²) in [6.07, 6.45) is 3.22. The number of carbonyl (C=O) groups excluding carboxylic acids is 1. The molecule has 2 rings (SSSR count). The van der Waals surface area contributed by atoms with Gasteiger partial charge in [0.1, 0.15) is 0 Å². The molecular weight excluding hydrogens is 224 g/mol. The molecule has 1 aromatic heterocycles. The standard InChI is InChI=1S/C15H16N2O/c1-10(2)3-6-15(18)13-9-17-14-7-11(8-16)4-5-12(13)14/h4-5,7,9-10,17H,3,6H2,1-2H3. The van der Waals surface area contributed by atoms with Crippen molar-refractivity contribution in [3.05, 3.63) is 35.5 Å². The minimum atomic E-state index is 0.166. The molecule has 0 aliphatic carbocycles. The van der Waals surface area contributed by atoms with Crippen LogP contribution in [-0.2, 0) is 0 Å². The van der Waals surface area contributed by atoms with Gasteiger partial charge in [-0.1, -0.05) is 19.9 Å². The van der Waals surface area contributed by atoms with Crippen LogP contribution in [0.15, 0.2) is 24.4 Å². The van der Waals surface area contributed by atoms with Crippen molar-refractivity contribution in [1.82, 2.24) is 4.98 Å². The number of hydrogen-bond donors (Lipinski definition) is 1. The highest BCUT2D eigenvalue weighted by molar-refractivity contribution is 6.08. The Morgan fingerprint density at radius 1 is 1.44 bits per heavy atom. The summed E-state index contributed by atoms with van der Waals surface area (Å²) in [4.78, 5) is 15.2. The normalized spacial score (nSPS) is 10.8. The lowest BCUT2D eigenvalue weighted by atomic mass is 10.0. The Kier molecular flexibility index (Phi) is 3.47. The summed E-state index contributed by atoms with van der Waals surface area (Å²) in [6, 6.07) is 7.45. The Balaban J connectivity index is 2.30. The third kappa shape index (κ3) is 2.43. The van der Waals surface area contributed by atoms with Gasteiger partial charge in [-0.05, 0) is 24.5 Å². The molecule has 0 aliphatic rings. The molecule has 0 unspecified atom stereocenters. The molecule has 0 saturated carbocycles. The Hall–Kier alpha value is -2.08. The van der Waals surface area contributed by atoms with Crippen LogP contribution >= 0.6 is 0 Å². The molecule has 3 heteroatoms. The van der Waals surface area contributed by atoms with Gasteiger partial charge in [0.25, 0.3) is 0 Å².